The van der Waals surface area contributed by atoms with Crippen molar-refractivity contribution in [3.05, 3.63) is 11.6 Å². The van der Waals surface area contributed by atoms with Crippen LogP contribution in [0.4, 0.5) is 0 Å². The molecule has 0 unspecified atom stereocenters. The lowest BCUT2D eigenvalue weighted by molar-refractivity contribution is -0.131. The van der Waals surface area contributed by atoms with Gasteiger partial charge in [-0.05, 0) is 26.7 Å². The van der Waals surface area contributed by atoms with Gasteiger partial charge in [0.25, 0.3) is 0 Å². The normalized spacial score (nSPS) is 20.5. The van der Waals surface area contributed by atoms with E-state index in [1.807, 2.05) is 0 Å². The van der Waals surface area contributed by atoms with E-state index in [2.05, 4.69) is 17.9 Å². The van der Waals surface area contributed by atoms with Crippen molar-refractivity contribution in [1.82, 2.24) is 0 Å². The van der Waals surface area contributed by atoms with Crippen LogP contribution >= 0.6 is 0 Å². The molecule has 0 amide bonds. The van der Waals surface area contributed by atoms with Gasteiger partial charge in [-0.25, -0.2) is 4.79 Å². The number of nitrogens with zero attached hydrogens (tertiary/aromatic N) is 1. The molecule has 1 rings (SSSR count). The molecule has 0 bridgehead atoms. The summed E-state index contributed by atoms with van der Waals surface area (Å²) in [5.74, 6) is 4.59. The van der Waals surface area contributed by atoms with Crippen molar-refractivity contribution in [2.24, 2.45) is 5.41 Å². The minimum Gasteiger partial charge on any atom is -0.478 e. The van der Waals surface area contributed by atoms with Gasteiger partial charge in [0.2, 0.25) is 0 Å². The summed E-state index contributed by atoms with van der Waals surface area (Å²) < 4.78 is 5.34. The number of methoxy groups -OCH3 is 1. The van der Waals surface area contributed by atoms with Crippen molar-refractivity contribution in [2.75, 3.05) is 7.11 Å². The van der Waals surface area contributed by atoms with E-state index in [0.717, 1.165) is 18.9 Å². The van der Waals surface area contributed by atoms with Gasteiger partial charge in [0.05, 0.1) is 11.5 Å². The van der Waals surface area contributed by atoms with Crippen LogP contribution in [0.5, 0.6) is 0 Å². The van der Waals surface area contributed by atoms with E-state index in [1.165, 1.54) is 7.11 Å². The van der Waals surface area contributed by atoms with Gasteiger partial charge in [-0.15, -0.1) is 0 Å². The second-order valence-corrected chi connectivity index (χ2v) is 4.35. The van der Waals surface area contributed by atoms with Crippen LogP contribution in [-0.4, -0.2) is 23.8 Å². The Bertz CT molecular complexity index is 457. The van der Waals surface area contributed by atoms with Gasteiger partial charge in [0, 0.05) is 18.8 Å². The van der Waals surface area contributed by atoms with Crippen LogP contribution in [0.2, 0.25) is 0 Å². The summed E-state index contributed by atoms with van der Waals surface area (Å²) >= 11 is 0. The highest BCUT2D eigenvalue weighted by atomic mass is 16.5. The third kappa shape index (κ3) is 2.67. The molecule has 1 aliphatic carbocycles. The summed E-state index contributed by atoms with van der Waals surface area (Å²) in [5, 5.41) is 17.7. The number of carboxylic acid groups (broad SMARTS) is 1. The second kappa shape index (κ2) is 4.61. The van der Waals surface area contributed by atoms with Crippen LogP contribution in [0, 0.1) is 28.6 Å². The highest BCUT2D eigenvalue weighted by molar-refractivity contribution is 5.81. The molecule has 0 aromatic rings. The zero-order valence-electron chi connectivity index (χ0n) is 10.2. The number of carbonyl (C=O) groups is 1. The smallest absolute Gasteiger partial charge is 0.329 e. The molecule has 0 saturated heterocycles. The van der Waals surface area contributed by atoms with Crippen LogP contribution in [0.25, 0.3) is 0 Å². The Hall–Kier alpha value is -1.78. The standard InChI is InChI=1S/C13H15NO3/c1-10(8-11(15)16)4-5-12(2,17-3)13(9-14)6-7-13/h8H,6-7H2,1-3H3,(H,15,16)/b10-8-/t12-/m1/s1. The van der Waals surface area contributed by atoms with E-state index < -0.39 is 17.0 Å². The molecule has 0 aromatic carbocycles. The Labute approximate surface area is 101 Å². The lowest BCUT2D eigenvalue weighted by Crippen LogP contribution is -2.36. The molecule has 4 heteroatoms. The van der Waals surface area contributed by atoms with Crippen LogP contribution in [0.3, 0.4) is 0 Å². The third-order valence-electron chi connectivity index (χ3n) is 3.12. The molecule has 0 aliphatic heterocycles. The molecule has 17 heavy (non-hydrogen) atoms. The van der Waals surface area contributed by atoms with E-state index >= 15 is 0 Å². The van der Waals surface area contributed by atoms with Crippen LogP contribution in [-0.2, 0) is 9.53 Å². The molecule has 1 N–H and O–H groups in total. The summed E-state index contributed by atoms with van der Waals surface area (Å²) in [5.41, 5.74) is -0.942. The van der Waals surface area contributed by atoms with Crippen LogP contribution in [0.1, 0.15) is 26.7 Å². The maximum atomic E-state index is 10.4. The molecule has 4 nitrogen and oxygen atoms in total. The molecule has 1 fully saturated rings. The Morgan fingerprint density at radius 3 is 2.53 bits per heavy atom. The van der Waals surface area contributed by atoms with Crippen molar-refractivity contribution in [3.63, 3.8) is 0 Å². The third-order valence-corrected chi connectivity index (χ3v) is 3.12. The summed E-state index contributed by atoms with van der Waals surface area (Å²) in [4.78, 5) is 10.4. The van der Waals surface area contributed by atoms with Gasteiger partial charge < -0.3 is 9.84 Å². The van der Waals surface area contributed by atoms with Gasteiger partial charge in [-0.1, -0.05) is 11.8 Å². The van der Waals surface area contributed by atoms with Gasteiger partial charge in [0.15, 0.2) is 0 Å². The Kier molecular flexibility index (Phi) is 3.60. The maximum Gasteiger partial charge on any atom is 0.329 e. The fourth-order valence-corrected chi connectivity index (χ4v) is 1.63. The number of aliphatic carboxylic acids is 1. The number of hydrogen-bond donors (Lipinski definition) is 1. The SMILES string of the molecule is CO[C@](C)(C#C/C(C)=C\C(=O)O)C1(C#N)CC1. The quantitative estimate of drug-likeness (QED) is 0.595. The summed E-state index contributed by atoms with van der Waals surface area (Å²) in [6.45, 7) is 3.38. The molecular weight excluding hydrogens is 218 g/mol. The first kappa shape index (κ1) is 13.3. The largest absolute Gasteiger partial charge is 0.478 e. The molecule has 1 aliphatic rings. The van der Waals surface area contributed by atoms with Gasteiger partial charge in [-0.2, -0.15) is 5.26 Å². The molecular formula is C13H15NO3. The fourth-order valence-electron chi connectivity index (χ4n) is 1.63. The number of allylic oxidation sites excluding steroid dienone is 1. The zero-order valence-corrected chi connectivity index (χ0v) is 10.2. The summed E-state index contributed by atoms with van der Waals surface area (Å²) in [6.07, 6.45) is 2.57. The Balaban J connectivity index is 2.96. The number of ether oxygens (including phenoxy) is 1. The molecule has 1 atom stereocenters. The van der Waals surface area contributed by atoms with Crippen molar-refractivity contribution < 1.29 is 14.6 Å². The van der Waals surface area contributed by atoms with E-state index in [9.17, 15) is 4.79 Å². The monoisotopic (exact) mass is 233 g/mol. The van der Waals surface area contributed by atoms with Crippen molar-refractivity contribution >= 4 is 5.97 Å². The maximum absolute atomic E-state index is 10.4. The number of hydrogen-bond acceptors (Lipinski definition) is 3. The Morgan fingerprint density at radius 2 is 2.18 bits per heavy atom. The average molecular weight is 233 g/mol. The molecule has 0 radical (unpaired) electrons. The number of carboxylic acids is 1. The number of nitriles is 1. The van der Waals surface area contributed by atoms with Crippen LogP contribution in [0.15, 0.2) is 11.6 Å². The molecule has 0 spiro atoms. The highest BCUT2D eigenvalue weighted by Crippen LogP contribution is 2.54. The number of rotatable bonds is 3. The second-order valence-electron chi connectivity index (χ2n) is 4.35. The lowest BCUT2D eigenvalue weighted by Gasteiger charge is -2.26. The molecule has 90 valence electrons. The minimum atomic E-state index is -1.03. The summed E-state index contributed by atoms with van der Waals surface area (Å²) in [6, 6.07) is 2.25. The minimum absolute atomic E-state index is 0.439. The van der Waals surface area contributed by atoms with Gasteiger partial charge >= 0.3 is 5.97 Å². The first-order chi connectivity index (χ1) is 7.89. The molecule has 0 heterocycles. The predicted octanol–water partition coefficient (Wildman–Crippen LogP) is 1.73. The van der Waals surface area contributed by atoms with Crippen molar-refractivity contribution in [2.45, 2.75) is 32.3 Å². The molecule has 1 saturated carbocycles. The van der Waals surface area contributed by atoms with E-state index in [0.29, 0.717) is 5.57 Å². The molecule has 0 aromatic heterocycles. The van der Waals surface area contributed by atoms with Gasteiger partial charge in [0.1, 0.15) is 5.60 Å². The van der Waals surface area contributed by atoms with Crippen molar-refractivity contribution in [1.29, 1.82) is 5.26 Å². The van der Waals surface area contributed by atoms with E-state index in [-0.39, 0.29) is 0 Å². The van der Waals surface area contributed by atoms with E-state index in [4.69, 9.17) is 15.1 Å². The summed E-state index contributed by atoms with van der Waals surface area (Å²) in [7, 11) is 1.52. The first-order valence-electron chi connectivity index (χ1n) is 5.30. The van der Waals surface area contributed by atoms with Crippen molar-refractivity contribution in [3.8, 4) is 17.9 Å². The predicted molar refractivity (Wildman–Crippen MR) is 61.9 cm³/mol. The first-order valence-corrected chi connectivity index (χ1v) is 5.30. The Morgan fingerprint density at radius 1 is 1.59 bits per heavy atom. The van der Waals surface area contributed by atoms with E-state index in [1.54, 1.807) is 13.8 Å². The lowest BCUT2D eigenvalue weighted by atomic mass is 9.87. The highest BCUT2D eigenvalue weighted by Gasteiger charge is 2.58. The van der Waals surface area contributed by atoms with Crippen LogP contribution < -0.4 is 0 Å². The topological polar surface area (TPSA) is 70.3 Å². The van der Waals surface area contributed by atoms with Gasteiger partial charge in [-0.3, -0.25) is 0 Å². The zero-order chi connectivity index (χ0) is 13.1. The fraction of sp³-hybridized carbons (Fsp3) is 0.538. The average Bonchev–Trinajstić information content (AvgIpc) is 3.06.